The Labute approximate surface area is 106 Å². The average Bonchev–Trinajstić information content (AvgIpc) is 2.82. The Bertz CT molecular complexity index is 419. The maximum absolute atomic E-state index is 11.0. The molecule has 2 rings (SSSR count). The van der Waals surface area contributed by atoms with Crippen molar-refractivity contribution in [3.63, 3.8) is 0 Å². The molecule has 1 aromatic heterocycles. The summed E-state index contributed by atoms with van der Waals surface area (Å²) in [5.74, 6) is -0.990. The van der Waals surface area contributed by atoms with E-state index in [9.17, 15) is 4.79 Å². The van der Waals surface area contributed by atoms with Gasteiger partial charge in [-0.25, -0.2) is 14.8 Å². The minimum Gasteiger partial charge on any atom is -0.478 e. The van der Waals surface area contributed by atoms with Crippen LogP contribution in [-0.2, 0) is 11.3 Å². The second-order valence-corrected chi connectivity index (χ2v) is 4.52. The number of ether oxygens (including phenoxy) is 1. The number of carbonyl (C=O) groups is 1. The van der Waals surface area contributed by atoms with Crippen LogP contribution in [0.15, 0.2) is 12.5 Å². The highest BCUT2D eigenvalue weighted by molar-refractivity contribution is 5.88. The lowest BCUT2D eigenvalue weighted by Gasteiger charge is -2.20. The van der Waals surface area contributed by atoms with E-state index in [0.717, 1.165) is 26.0 Å². The summed E-state index contributed by atoms with van der Waals surface area (Å²) >= 11 is 0. The van der Waals surface area contributed by atoms with Gasteiger partial charge in [0, 0.05) is 25.9 Å². The molecule has 0 amide bonds. The van der Waals surface area contributed by atoms with E-state index < -0.39 is 5.97 Å². The molecule has 18 heavy (non-hydrogen) atoms. The number of likely N-dealkylation sites (N-methyl/N-ethyl adjacent to an activating group) is 1. The molecule has 6 nitrogen and oxygen atoms in total. The monoisotopic (exact) mass is 251 g/mol. The quantitative estimate of drug-likeness (QED) is 0.833. The van der Waals surface area contributed by atoms with Gasteiger partial charge in [0.05, 0.1) is 11.8 Å². The summed E-state index contributed by atoms with van der Waals surface area (Å²) in [6, 6.07) is 0. The largest absolute Gasteiger partial charge is 0.478 e. The van der Waals surface area contributed by atoms with Crippen LogP contribution in [0.3, 0.4) is 0 Å². The summed E-state index contributed by atoms with van der Waals surface area (Å²) in [6.07, 6.45) is 5.14. The Morgan fingerprint density at radius 3 is 3.17 bits per heavy atom. The van der Waals surface area contributed by atoms with Crippen LogP contribution < -0.4 is 0 Å². The zero-order valence-corrected chi connectivity index (χ0v) is 10.4. The predicted octanol–water partition coefficient (Wildman–Crippen LogP) is 0.786. The van der Waals surface area contributed by atoms with Crippen molar-refractivity contribution in [3.8, 4) is 0 Å². The van der Waals surface area contributed by atoms with Crippen molar-refractivity contribution in [1.29, 1.82) is 0 Å². The SMILES string of the molecule is CN(Cc1ncncc1C(=O)O)CC1CCCO1. The zero-order valence-electron chi connectivity index (χ0n) is 10.4. The molecule has 1 aliphatic heterocycles. The van der Waals surface area contributed by atoms with Gasteiger partial charge < -0.3 is 9.84 Å². The van der Waals surface area contributed by atoms with Crippen molar-refractivity contribution in [2.75, 3.05) is 20.2 Å². The van der Waals surface area contributed by atoms with Gasteiger partial charge in [-0.2, -0.15) is 0 Å². The Morgan fingerprint density at radius 2 is 2.50 bits per heavy atom. The highest BCUT2D eigenvalue weighted by Gasteiger charge is 2.19. The molecule has 0 spiro atoms. The van der Waals surface area contributed by atoms with Crippen molar-refractivity contribution in [2.45, 2.75) is 25.5 Å². The van der Waals surface area contributed by atoms with Crippen molar-refractivity contribution in [2.24, 2.45) is 0 Å². The molecule has 0 aromatic carbocycles. The summed E-state index contributed by atoms with van der Waals surface area (Å²) < 4.78 is 5.55. The van der Waals surface area contributed by atoms with Gasteiger partial charge in [0.2, 0.25) is 0 Å². The Kier molecular flexibility index (Phi) is 4.22. The average molecular weight is 251 g/mol. The predicted molar refractivity (Wildman–Crippen MR) is 64.3 cm³/mol. The first-order chi connectivity index (χ1) is 8.66. The Balaban J connectivity index is 1.97. The lowest BCUT2D eigenvalue weighted by molar-refractivity contribution is 0.0689. The van der Waals surface area contributed by atoms with E-state index in [1.54, 1.807) is 0 Å². The van der Waals surface area contributed by atoms with Crippen molar-refractivity contribution in [1.82, 2.24) is 14.9 Å². The molecule has 1 atom stereocenters. The van der Waals surface area contributed by atoms with Crippen LogP contribution in [-0.4, -0.2) is 52.2 Å². The number of carboxylic acids is 1. The Morgan fingerprint density at radius 1 is 1.67 bits per heavy atom. The maximum atomic E-state index is 11.0. The first-order valence-corrected chi connectivity index (χ1v) is 5.99. The third-order valence-corrected chi connectivity index (χ3v) is 2.98. The molecule has 0 saturated carbocycles. The third-order valence-electron chi connectivity index (χ3n) is 2.98. The summed E-state index contributed by atoms with van der Waals surface area (Å²) in [4.78, 5) is 20.8. The molecule has 1 fully saturated rings. The van der Waals surface area contributed by atoms with Crippen LogP contribution in [0.25, 0.3) is 0 Å². The van der Waals surface area contributed by atoms with Crippen molar-refractivity contribution >= 4 is 5.97 Å². The number of carboxylic acid groups (broad SMARTS) is 1. The second kappa shape index (κ2) is 5.88. The van der Waals surface area contributed by atoms with Crippen LogP contribution in [0.4, 0.5) is 0 Å². The fourth-order valence-corrected chi connectivity index (χ4v) is 2.12. The molecule has 1 aliphatic rings. The molecule has 98 valence electrons. The molecular weight excluding hydrogens is 234 g/mol. The molecule has 1 unspecified atom stereocenters. The summed E-state index contributed by atoms with van der Waals surface area (Å²) in [6.45, 7) is 2.11. The minimum atomic E-state index is -0.990. The van der Waals surface area contributed by atoms with Crippen LogP contribution >= 0.6 is 0 Å². The molecule has 1 saturated heterocycles. The van der Waals surface area contributed by atoms with Crippen LogP contribution in [0.1, 0.15) is 28.9 Å². The van der Waals surface area contributed by atoms with Gasteiger partial charge in [-0.1, -0.05) is 0 Å². The van der Waals surface area contributed by atoms with Gasteiger partial charge in [-0.15, -0.1) is 0 Å². The minimum absolute atomic E-state index is 0.164. The van der Waals surface area contributed by atoms with Crippen LogP contribution in [0.5, 0.6) is 0 Å². The first kappa shape index (κ1) is 12.9. The smallest absolute Gasteiger partial charge is 0.339 e. The van der Waals surface area contributed by atoms with Gasteiger partial charge >= 0.3 is 5.97 Å². The number of rotatable bonds is 5. The Hall–Kier alpha value is -1.53. The van der Waals surface area contributed by atoms with E-state index in [-0.39, 0.29) is 11.7 Å². The maximum Gasteiger partial charge on any atom is 0.339 e. The van der Waals surface area contributed by atoms with Gasteiger partial charge in [0.15, 0.2) is 0 Å². The lowest BCUT2D eigenvalue weighted by atomic mass is 10.2. The van der Waals surface area contributed by atoms with E-state index in [1.807, 2.05) is 11.9 Å². The lowest BCUT2D eigenvalue weighted by Crippen LogP contribution is -2.29. The highest BCUT2D eigenvalue weighted by Crippen LogP contribution is 2.14. The standard InChI is InChI=1S/C12H17N3O3/c1-15(6-9-3-2-4-18-9)7-11-10(12(16)17)5-13-8-14-11/h5,8-9H,2-4,6-7H2,1H3,(H,16,17). The van der Waals surface area contributed by atoms with E-state index in [1.165, 1.54) is 12.5 Å². The fourth-order valence-electron chi connectivity index (χ4n) is 2.12. The molecule has 1 aromatic rings. The number of aromatic nitrogens is 2. The van der Waals surface area contributed by atoms with Crippen molar-refractivity contribution in [3.05, 3.63) is 23.8 Å². The van der Waals surface area contributed by atoms with E-state index >= 15 is 0 Å². The number of hydrogen-bond acceptors (Lipinski definition) is 5. The van der Waals surface area contributed by atoms with E-state index in [0.29, 0.717) is 12.2 Å². The van der Waals surface area contributed by atoms with E-state index in [4.69, 9.17) is 9.84 Å². The normalized spacial score (nSPS) is 19.3. The zero-order chi connectivity index (χ0) is 13.0. The number of aromatic carboxylic acids is 1. The van der Waals surface area contributed by atoms with Gasteiger partial charge in [0.25, 0.3) is 0 Å². The van der Waals surface area contributed by atoms with Gasteiger partial charge in [-0.3, -0.25) is 4.90 Å². The molecular formula is C12H17N3O3. The summed E-state index contributed by atoms with van der Waals surface area (Å²) in [5, 5.41) is 9.04. The van der Waals surface area contributed by atoms with Crippen molar-refractivity contribution < 1.29 is 14.6 Å². The summed E-state index contributed by atoms with van der Waals surface area (Å²) in [7, 11) is 1.94. The molecule has 0 bridgehead atoms. The fraction of sp³-hybridized carbons (Fsp3) is 0.583. The van der Waals surface area contributed by atoms with Gasteiger partial charge in [-0.05, 0) is 19.9 Å². The van der Waals surface area contributed by atoms with E-state index in [2.05, 4.69) is 9.97 Å². The highest BCUT2D eigenvalue weighted by atomic mass is 16.5. The van der Waals surface area contributed by atoms with Crippen LogP contribution in [0, 0.1) is 0 Å². The number of hydrogen-bond donors (Lipinski definition) is 1. The molecule has 1 N–H and O–H groups in total. The molecule has 6 heteroatoms. The topological polar surface area (TPSA) is 75.6 Å². The van der Waals surface area contributed by atoms with Crippen LogP contribution in [0.2, 0.25) is 0 Å². The molecule has 0 radical (unpaired) electrons. The molecule has 0 aliphatic carbocycles. The summed E-state index contributed by atoms with van der Waals surface area (Å²) in [5.41, 5.74) is 0.703. The second-order valence-electron chi connectivity index (χ2n) is 4.52. The molecule has 2 heterocycles. The van der Waals surface area contributed by atoms with Gasteiger partial charge in [0.1, 0.15) is 11.9 Å². The number of nitrogens with zero attached hydrogens (tertiary/aromatic N) is 3. The first-order valence-electron chi connectivity index (χ1n) is 5.99. The third kappa shape index (κ3) is 3.24.